The van der Waals surface area contributed by atoms with Gasteiger partial charge in [-0.05, 0) is 30.3 Å². The molecule has 0 atom stereocenters. The van der Waals surface area contributed by atoms with Gasteiger partial charge in [0.05, 0.1) is 21.3 Å². The Bertz CT molecular complexity index is 598. The Kier molecular flexibility index (Phi) is 6.56. The Morgan fingerprint density at radius 1 is 0.826 bits per heavy atom. The van der Waals surface area contributed by atoms with Gasteiger partial charge in [0, 0.05) is 18.7 Å². The average Bonchev–Trinajstić information content (AvgIpc) is 2.61. The third kappa shape index (κ3) is 4.79. The van der Waals surface area contributed by atoms with Crippen molar-refractivity contribution in [2.45, 2.75) is 6.54 Å². The summed E-state index contributed by atoms with van der Waals surface area (Å²) in [5, 5.41) is 3.34. The van der Waals surface area contributed by atoms with Crippen molar-refractivity contribution in [3.63, 3.8) is 0 Å². The van der Waals surface area contributed by atoms with E-state index in [1.165, 1.54) is 0 Å². The molecule has 0 amide bonds. The van der Waals surface area contributed by atoms with Gasteiger partial charge in [-0.15, -0.1) is 0 Å². The summed E-state index contributed by atoms with van der Waals surface area (Å²) in [4.78, 5) is 0. The first-order valence-electron chi connectivity index (χ1n) is 7.46. The molecule has 0 radical (unpaired) electrons. The maximum Gasteiger partial charge on any atom is 0.165 e. The molecule has 5 heteroatoms. The van der Waals surface area contributed by atoms with Crippen molar-refractivity contribution in [3.05, 3.63) is 48.0 Å². The summed E-state index contributed by atoms with van der Waals surface area (Å²) in [6.45, 7) is 2.00. The SMILES string of the molecule is COc1ccc(OCCNCc2cccc(OC)c2OC)cc1. The largest absolute Gasteiger partial charge is 0.497 e. The average molecular weight is 317 g/mol. The zero-order valence-electron chi connectivity index (χ0n) is 13.8. The van der Waals surface area contributed by atoms with Crippen LogP contribution < -0.4 is 24.3 Å². The predicted molar refractivity (Wildman–Crippen MR) is 89.7 cm³/mol. The topological polar surface area (TPSA) is 49.0 Å². The molecular formula is C18H23NO4. The quantitative estimate of drug-likeness (QED) is 0.721. The fourth-order valence-corrected chi connectivity index (χ4v) is 2.23. The van der Waals surface area contributed by atoms with Crippen LogP contribution in [-0.4, -0.2) is 34.5 Å². The van der Waals surface area contributed by atoms with Crippen LogP contribution in [0.1, 0.15) is 5.56 Å². The van der Waals surface area contributed by atoms with E-state index in [0.29, 0.717) is 13.2 Å². The summed E-state index contributed by atoms with van der Waals surface area (Å²) in [6, 6.07) is 13.4. The van der Waals surface area contributed by atoms with Crippen molar-refractivity contribution < 1.29 is 18.9 Å². The van der Waals surface area contributed by atoms with Gasteiger partial charge in [0.15, 0.2) is 11.5 Å². The second-order valence-corrected chi connectivity index (χ2v) is 4.85. The van der Waals surface area contributed by atoms with Crippen LogP contribution >= 0.6 is 0 Å². The molecule has 2 aromatic rings. The summed E-state index contributed by atoms with van der Waals surface area (Å²) < 4.78 is 21.5. The number of para-hydroxylation sites is 1. The zero-order valence-corrected chi connectivity index (χ0v) is 13.8. The van der Waals surface area contributed by atoms with Crippen LogP contribution in [0, 0.1) is 0 Å². The monoisotopic (exact) mass is 317 g/mol. The van der Waals surface area contributed by atoms with Crippen LogP contribution in [0.25, 0.3) is 0 Å². The second kappa shape index (κ2) is 8.90. The van der Waals surface area contributed by atoms with Crippen molar-refractivity contribution in [2.24, 2.45) is 0 Å². The number of rotatable bonds is 9. The molecule has 2 aromatic carbocycles. The van der Waals surface area contributed by atoms with E-state index in [1.54, 1.807) is 21.3 Å². The second-order valence-electron chi connectivity index (χ2n) is 4.85. The lowest BCUT2D eigenvalue weighted by Gasteiger charge is -2.13. The van der Waals surface area contributed by atoms with Gasteiger partial charge in [-0.2, -0.15) is 0 Å². The van der Waals surface area contributed by atoms with Gasteiger partial charge < -0.3 is 24.3 Å². The fraction of sp³-hybridized carbons (Fsp3) is 0.333. The molecule has 0 spiro atoms. The van der Waals surface area contributed by atoms with Gasteiger partial charge in [0.2, 0.25) is 0 Å². The number of methoxy groups -OCH3 is 3. The van der Waals surface area contributed by atoms with Gasteiger partial charge in [-0.25, -0.2) is 0 Å². The maximum absolute atomic E-state index is 5.67. The molecule has 0 aliphatic heterocycles. The van der Waals surface area contributed by atoms with Gasteiger partial charge in [0.25, 0.3) is 0 Å². The molecule has 0 aliphatic carbocycles. The molecule has 0 heterocycles. The van der Waals surface area contributed by atoms with E-state index in [1.807, 2.05) is 42.5 Å². The highest BCUT2D eigenvalue weighted by Crippen LogP contribution is 2.30. The lowest BCUT2D eigenvalue weighted by molar-refractivity contribution is 0.311. The molecule has 1 N–H and O–H groups in total. The molecule has 2 rings (SSSR count). The Balaban J connectivity index is 1.77. The molecule has 0 saturated heterocycles. The lowest BCUT2D eigenvalue weighted by Crippen LogP contribution is -2.21. The lowest BCUT2D eigenvalue weighted by atomic mass is 10.2. The maximum atomic E-state index is 5.67. The molecule has 0 unspecified atom stereocenters. The third-order valence-corrected chi connectivity index (χ3v) is 3.41. The summed E-state index contributed by atoms with van der Waals surface area (Å²) >= 11 is 0. The number of ether oxygens (including phenoxy) is 4. The van der Waals surface area contributed by atoms with E-state index in [-0.39, 0.29) is 0 Å². The van der Waals surface area contributed by atoms with E-state index in [0.717, 1.165) is 35.1 Å². The first-order valence-corrected chi connectivity index (χ1v) is 7.46. The van der Waals surface area contributed by atoms with Gasteiger partial charge in [0.1, 0.15) is 18.1 Å². The normalized spacial score (nSPS) is 10.2. The van der Waals surface area contributed by atoms with Crippen LogP contribution in [0.3, 0.4) is 0 Å². The Labute approximate surface area is 137 Å². The van der Waals surface area contributed by atoms with E-state index in [4.69, 9.17) is 18.9 Å². The molecule has 5 nitrogen and oxygen atoms in total. The number of hydrogen-bond donors (Lipinski definition) is 1. The first-order chi connectivity index (χ1) is 11.3. The molecule has 124 valence electrons. The highest BCUT2D eigenvalue weighted by Gasteiger charge is 2.08. The van der Waals surface area contributed by atoms with Crippen molar-refractivity contribution in [1.29, 1.82) is 0 Å². The third-order valence-electron chi connectivity index (χ3n) is 3.41. The van der Waals surface area contributed by atoms with E-state index >= 15 is 0 Å². The van der Waals surface area contributed by atoms with Gasteiger partial charge in [-0.1, -0.05) is 12.1 Å². The fourth-order valence-electron chi connectivity index (χ4n) is 2.23. The summed E-state index contributed by atoms with van der Waals surface area (Å²) in [7, 11) is 4.93. The highest BCUT2D eigenvalue weighted by atomic mass is 16.5. The zero-order chi connectivity index (χ0) is 16.5. The molecule has 0 saturated carbocycles. The molecule has 0 aliphatic rings. The number of hydrogen-bond acceptors (Lipinski definition) is 5. The standard InChI is InChI=1S/C18H23NO4/c1-20-15-7-9-16(10-8-15)23-12-11-19-13-14-5-4-6-17(21-2)18(14)22-3/h4-10,19H,11-13H2,1-3H3. The molecule has 0 fully saturated rings. The molecule has 0 aromatic heterocycles. The van der Waals surface area contributed by atoms with Crippen molar-refractivity contribution in [1.82, 2.24) is 5.32 Å². The van der Waals surface area contributed by atoms with Crippen molar-refractivity contribution in [3.8, 4) is 23.0 Å². The summed E-state index contributed by atoms with van der Waals surface area (Å²) in [6.07, 6.45) is 0. The summed E-state index contributed by atoms with van der Waals surface area (Å²) in [5.41, 5.74) is 1.05. The van der Waals surface area contributed by atoms with Crippen LogP contribution in [0.2, 0.25) is 0 Å². The predicted octanol–water partition coefficient (Wildman–Crippen LogP) is 2.88. The molecular weight excluding hydrogens is 294 g/mol. The van der Waals surface area contributed by atoms with E-state index < -0.39 is 0 Å². The van der Waals surface area contributed by atoms with Crippen molar-refractivity contribution in [2.75, 3.05) is 34.5 Å². The van der Waals surface area contributed by atoms with Crippen LogP contribution in [-0.2, 0) is 6.54 Å². The van der Waals surface area contributed by atoms with Gasteiger partial charge >= 0.3 is 0 Å². The minimum absolute atomic E-state index is 0.582. The summed E-state index contributed by atoms with van der Waals surface area (Å²) in [5.74, 6) is 3.15. The van der Waals surface area contributed by atoms with Crippen LogP contribution in [0.4, 0.5) is 0 Å². The first kappa shape index (κ1) is 17.0. The minimum atomic E-state index is 0.582. The van der Waals surface area contributed by atoms with Crippen molar-refractivity contribution >= 4 is 0 Å². The Hall–Kier alpha value is -2.40. The van der Waals surface area contributed by atoms with Gasteiger partial charge in [-0.3, -0.25) is 0 Å². The number of nitrogens with one attached hydrogen (secondary N) is 1. The Morgan fingerprint density at radius 2 is 1.57 bits per heavy atom. The number of benzene rings is 2. The van der Waals surface area contributed by atoms with Crippen LogP contribution in [0.5, 0.6) is 23.0 Å². The molecule has 0 bridgehead atoms. The minimum Gasteiger partial charge on any atom is -0.497 e. The Morgan fingerprint density at radius 3 is 2.22 bits per heavy atom. The van der Waals surface area contributed by atoms with E-state index in [9.17, 15) is 0 Å². The smallest absolute Gasteiger partial charge is 0.165 e. The van der Waals surface area contributed by atoms with E-state index in [2.05, 4.69) is 5.32 Å². The highest BCUT2D eigenvalue weighted by molar-refractivity contribution is 5.46. The van der Waals surface area contributed by atoms with Crippen LogP contribution in [0.15, 0.2) is 42.5 Å². The molecule has 23 heavy (non-hydrogen) atoms.